The Morgan fingerprint density at radius 3 is 2.26 bits per heavy atom. The molecule has 1 aliphatic rings. The number of Topliss-reactive ketones (excluding diaryl/α,β-unsaturated/α-hetero) is 1. The first kappa shape index (κ1) is 12.0. The van der Waals surface area contributed by atoms with Gasteiger partial charge in [0, 0.05) is 12.0 Å². The highest BCUT2D eigenvalue weighted by atomic mass is 19.4. The number of halogens is 3. The van der Waals surface area contributed by atoms with Gasteiger partial charge in [-0.05, 0) is 28.8 Å². The van der Waals surface area contributed by atoms with Crippen molar-refractivity contribution >= 4 is 5.78 Å². The third-order valence-electron chi connectivity index (χ3n) is 3.30. The highest BCUT2D eigenvalue weighted by molar-refractivity contribution is 6.07. The summed E-state index contributed by atoms with van der Waals surface area (Å²) in [5.74, 6) is -0.137. The summed E-state index contributed by atoms with van der Waals surface area (Å²) in [5, 5.41) is 0. The molecule has 0 saturated carbocycles. The van der Waals surface area contributed by atoms with Crippen LogP contribution in [-0.4, -0.2) is 5.78 Å². The van der Waals surface area contributed by atoms with Gasteiger partial charge < -0.3 is 0 Å². The second kappa shape index (κ2) is 3.95. The molecule has 0 radical (unpaired) electrons. The molecular formula is C15H9F3O. The largest absolute Gasteiger partial charge is 0.416 e. The molecule has 0 heterocycles. The maximum Gasteiger partial charge on any atom is 0.416 e. The molecule has 0 atom stereocenters. The van der Waals surface area contributed by atoms with Crippen molar-refractivity contribution in [2.24, 2.45) is 0 Å². The van der Waals surface area contributed by atoms with E-state index in [1.165, 1.54) is 6.07 Å². The normalized spacial score (nSPS) is 13.9. The first-order valence-corrected chi connectivity index (χ1v) is 5.79. The zero-order chi connectivity index (χ0) is 13.6. The van der Waals surface area contributed by atoms with E-state index in [1.54, 1.807) is 24.3 Å². The predicted octanol–water partition coefficient (Wildman–Crippen LogP) is 4.11. The third-order valence-corrected chi connectivity index (χ3v) is 3.30. The smallest absolute Gasteiger partial charge is 0.294 e. The molecular weight excluding hydrogens is 253 g/mol. The molecule has 2 aromatic rings. The number of benzene rings is 2. The number of hydrogen-bond acceptors (Lipinski definition) is 1. The van der Waals surface area contributed by atoms with Crippen molar-refractivity contribution < 1.29 is 18.0 Å². The van der Waals surface area contributed by atoms with E-state index in [9.17, 15) is 18.0 Å². The van der Waals surface area contributed by atoms with E-state index in [4.69, 9.17) is 0 Å². The van der Waals surface area contributed by atoms with Crippen LogP contribution in [0.5, 0.6) is 0 Å². The molecule has 0 aromatic heterocycles. The van der Waals surface area contributed by atoms with Gasteiger partial charge >= 0.3 is 6.18 Å². The van der Waals surface area contributed by atoms with Crippen LogP contribution in [0, 0.1) is 0 Å². The number of rotatable bonds is 0. The first-order chi connectivity index (χ1) is 8.97. The zero-order valence-electron chi connectivity index (χ0n) is 9.79. The summed E-state index contributed by atoms with van der Waals surface area (Å²) >= 11 is 0. The lowest BCUT2D eigenvalue weighted by Gasteiger charge is -2.20. The van der Waals surface area contributed by atoms with Gasteiger partial charge in [0.1, 0.15) is 0 Å². The van der Waals surface area contributed by atoms with Crippen LogP contribution >= 0.6 is 0 Å². The van der Waals surface area contributed by atoms with Crippen molar-refractivity contribution in [3.8, 4) is 11.1 Å². The summed E-state index contributed by atoms with van der Waals surface area (Å²) < 4.78 is 38.0. The molecule has 4 heteroatoms. The van der Waals surface area contributed by atoms with Crippen molar-refractivity contribution in [2.75, 3.05) is 0 Å². The number of ketones is 1. The second-order valence-electron chi connectivity index (χ2n) is 4.52. The fourth-order valence-corrected chi connectivity index (χ4v) is 2.41. The highest BCUT2D eigenvalue weighted by Crippen LogP contribution is 2.37. The summed E-state index contributed by atoms with van der Waals surface area (Å²) in [6, 6.07) is 10.6. The molecule has 0 N–H and O–H groups in total. The van der Waals surface area contributed by atoms with Crippen molar-refractivity contribution in [2.45, 2.75) is 12.6 Å². The number of hydrogen-bond donors (Lipinski definition) is 0. The maximum atomic E-state index is 12.7. The lowest BCUT2D eigenvalue weighted by atomic mass is 9.84. The van der Waals surface area contributed by atoms with Crippen LogP contribution in [0.2, 0.25) is 0 Å². The summed E-state index contributed by atoms with van der Waals surface area (Å²) in [5.41, 5.74) is 1.73. The molecule has 0 spiro atoms. The van der Waals surface area contributed by atoms with Gasteiger partial charge in [-0.15, -0.1) is 0 Å². The Kier molecular flexibility index (Phi) is 2.49. The summed E-state index contributed by atoms with van der Waals surface area (Å²) in [6.45, 7) is 0. The van der Waals surface area contributed by atoms with Crippen LogP contribution in [0.15, 0.2) is 42.5 Å². The van der Waals surface area contributed by atoms with Crippen LogP contribution < -0.4 is 0 Å². The molecule has 0 fully saturated rings. The van der Waals surface area contributed by atoms with Gasteiger partial charge in [0.05, 0.1) is 5.56 Å². The fraction of sp³-hybridized carbons (Fsp3) is 0.133. The van der Waals surface area contributed by atoms with Crippen LogP contribution in [0.25, 0.3) is 11.1 Å². The fourth-order valence-electron chi connectivity index (χ4n) is 2.41. The predicted molar refractivity (Wildman–Crippen MR) is 64.9 cm³/mol. The van der Waals surface area contributed by atoms with E-state index >= 15 is 0 Å². The highest BCUT2D eigenvalue weighted by Gasteiger charge is 2.32. The van der Waals surface area contributed by atoms with Gasteiger partial charge in [-0.25, -0.2) is 0 Å². The molecule has 0 bridgehead atoms. The van der Waals surface area contributed by atoms with E-state index in [0.29, 0.717) is 22.3 Å². The van der Waals surface area contributed by atoms with Crippen molar-refractivity contribution in [1.82, 2.24) is 0 Å². The first-order valence-electron chi connectivity index (χ1n) is 5.79. The molecule has 2 aromatic carbocycles. The minimum absolute atomic E-state index is 0.0241. The van der Waals surface area contributed by atoms with Gasteiger partial charge in [-0.1, -0.05) is 30.3 Å². The van der Waals surface area contributed by atoms with Crippen molar-refractivity contribution in [3.05, 3.63) is 59.2 Å². The average molecular weight is 262 g/mol. The third kappa shape index (κ3) is 1.93. The molecule has 0 saturated heterocycles. The standard InChI is InChI=1S/C15H9F3O/c16-15(17,18)10-5-6-11-9(7-10)8-14(19)13-4-2-1-3-12(11)13/h1-7H,8H2. The minimum atomic E-state index is -4.38. The Hall–Kier alpha value is -2.10. The quantitative estimate of drug-likeness (QED) is 0.698. The van der Waals surface area contributed by atoms with Crippen LogP contribution in [-0.2, 0) is 12.6 Å². The SMILES string of the molecule is O=C1Cc2cc(C(F)(F)F)ccc2-c2ccccc21. The van der Waals surface area contributed by atoms with E-state index in [1.807, 2.05) is 0 Å². The molecule has 96 valence electrons. The Balaban J connectivity index is 2.20. The summed E-state index contributed by atoms with van der Waals surface area (Å²) in [6.07, 6.45) is -4.36. The molecule has 1 nitrogen and oxygen atoms in total. The zero-order valence-corrected chi connectivity index (χ0v) is 9.79. The molecule has 1 aliphatic carbocycles. The summed E-state index contributed by atoms with van der Waals surface area (Å²) in [4.78, 5) is 11.9. The number of carbonyl (C=O) groups is 1. The lowest BCUT2D eigenvalue weighted by molar-refractivity contribution is -0.137. The van der Waals surface area contributed by atoms with Crippen molar-refractivity contribution in [1.29, 1.82) is 0 Å². The van der Waals surface area contributed by atoms with Gasteiger partial charge in [0.25, 0.3) is 0 Å². The van der Waals surface area contributed by atoms with Crippen molar-refractivity contribution in [3.63, 3.8) is 0 Å². The Labute approximate surface area is 107 Å². The van der Waals surface area contributed by atoms with E-state index in [2.05, 4.69) is 0 Å². The molecule has 19 heavy (non-hydrogen) atoms. The number of fused-ring (bicyclic) bond motifs is 3. The maximum absolute atomic E-state index is 12.7. The summed E-state index contributed by atoms with van der Waals surface area (Å²) in [7, 11) is 0. The van der Waals surface area contributed by atoms with Crippen LogP contribution in [0.4, 0.5) is 13.2 Å². The molecule has 0 aliphatic heterocycles. The van der Waals surface area contributed by atoms with E-state index in [0.717, 1.165) is 12.1 Å². The molecule has 3 rings (SSSR count). The number of alkyl halides is 3. The van der Waals surface area contributed by atoms with Gasteiger partial charge in [0.15, 0.2) is 5.78 Å². The average Bonchev–Trinajstić information content (AvgIpc) is 2.37. The Bertz CT molecular complexity index is 671. The number of carbonyl (C=O) groups excluding carboxylic acids is 1. The van der Waals surface area contributed by atoms with E-state index in [-0.39, 0.29) is 12.2 Å². The Morgan fingerprint density at radius 2 is 1.58 bits per heavy atom. The molecule has 0 unspecified atom stereocenters. The van der Waals surface area contributed by atoms with Crippen LogP contribution in [0.1, 0.15) is 21.5 Å². The monoisotopic (exact) mass is 262 g/mol. The van der Waals surface area contributed by atoms with Crippen LogP contribution in [0.3, 0.4) is 0 Å². The van der Waals surface area contributed by atoms with E-state index < -0.39 is 11.7 Å². The molecule has 0 amide bonds. The van der Waals surface area contributed by atoms with Gasteiger partial charge in [-0.3, -0.25) is 4.79 Å². The topological polar surface area (TPSA) is 17.1 Å². The van der Waals surface area contributed by atoms with Gasteiger partial charge in [-0.2, -0.15) is 13.2 Å². The Morgan fingerprint density at radius 1 is 0.895 bits per heavy atom. The lowest BCUT2D eigenvalue weighted by Crippen LogP contribution is -2.14. The van der Waals surface area contributed by atoms with Gasteiger partial charge in [0.2, 0.25) is 0 Å². The minimum Gasteiger partial charge on any atom is -0.294 e. The second-order valence-corrected chi connectivity index (χ2v) is 4.52.